The summed E-state index contributed by atoms with van der Waals surface area (Å²) in [5.41, 5.74) is 0.226. The average molecular weight is 270 g/mol. The number of pyridine rings is 1. The number of aliphatic carboxylic acids is 1. The van der Waals surface area contributed by atoms with E-state index in [1.165, 1.54) is 34.7 Å². The second-order valence-electron chi connectivity index (χ2n) is 3.57. The van der Waals surface area contributed by atoms with Crippen LogP contribution in [0.3, 0.4) is 0 Å². The number of amides is 1. The Labute approximate surface area is 108 Å². The van der Waals surface area contributed by atoms with Crippen LogP contribution in [0, 0.1) is 0 Å². The van der Waals surface area contributed by atoms with E-state index in [9.17, 15) is 14.4 Å². The molecule has 0 aromatic carbocycles. The van der Waals surface area contributed by atoms with E-state index >= 15 is 0 Å². The molecule has 0 radical (unpaired) electrons. The van der Waals surface area contributed by atoms with Gasteiger partial charge in [-0.3, -0.25) is 14.4 Å². The van der Waals surface area contributed by atoms with E-state index < -0.39 is 5.97 Å². The molecule has 98 valence electrons. The summed E-state index contributed by atoms with van der Waals surface area (Å²) in [5.74, 6) is -0.592. The number of aromatic nitrogens is 1. The second kappa shape index (κ2) is 6.85. The van der Waals surface area contributed by atoms with E-state index in [4.69, 9.17) is 5.11 Å². The summed E-state index contributed by atoms with van der Waals surface area (Å²) in [6, 6.07) is 2.79. The standard InChI is InChI=1S/C11H14N2O4S/c1-13-6-8(2-3-9(13)14)11(17)12-4-5-18-7-10(15)16/h2-3,6H,4-5,7H2,1H3,(H,12,17)(H,15,16). The van der Waals surface area contributed by atoms with E-state index in [-0.39, 0.29) is 17.2 Å². The van der Waals surface area contributed by atoms with Crippen LogP contribution in [-0.2, 0) is 11.8 Å². The summed E-state index contributed by atoms with van der Waals surface area (Å²) in [6.07, 6.45) is 1.46. The van der Waals surface area contributed by atoms with Crippen LogP contribution in [0.2, 0.25) is 0 Å². The maximum absolute atomic E-state index is 11.7. The van der Waals surface area contributed by atoms with Crippen LogP contribution in [0.1, 0.15) is 10.4 Å². The van der Waals surface area contributed by atoms with Gasteiger partial charge in [-0.05, 0) is 6.07 Å². The highest BCUT2D eigenvalue weighted by Gasteiger charge is 2.05. The van der Waals surface area contributed by atoms with Crippen molar-refractivity contribution in [3.05, 3.63) is 34.2 Å². The van der Waals surface area contributed by atoms with Crippen molar-refractivity contribution < 1.29 is 14.7 Å². The smallest absolute Gasteiger partial charge is 0.313 e. The molecular formula is C11H14N2O4S. The third kappa shape index (κ3) is 4.62. The lowest BCUT2D eigenvalue weighted by Gasteiger charge is -2.05. The predicted octanol–water partition coefficient (Wildman–Crippen LogP) is -0.0671. The number of nitrogens with one attached hydrogen (secondary N) is 1. The summed E-state index contributed by atoms with van der Waals surface area (Å²) in [4.78, 5) is 33.0. The van der Waals surface area contributed by atoms with Crippen molar-refractivity contribution in [1.29, 1.82) is 0 Å². The molecule has 0 saturated carbocycles. The molecule has 1 rings (SSSR count). The van der Waals surface area contributed by atoms with Gasteiger partial charge >= 0.3 is 5.97 Å². The molecule has 0 atom stereocenters. The molecule has 0 fully saturated rings. The van der Waals surface area contributed by atoms with Gasteiger partial charge in [0.15, 0.2) is 0 Å². The molecule has 0 bridgehead atoms. The number of nitrogens with zero attached hydrogens (tertiary/aromatic N) is 1. The zero-order valence-electron chi connectivity index (χ0n) is 9.88. The van der Waals surface area contributed by atoms with Crippen LogP contribution in [0.15, 0.2) is 23.1 Å². The van der Waals surface area contributed by atoms with Crippen LogP contribution < -0.4 is 10.9 Å². The molecule has 0 unspecified atom stereocenters. The fraction of sp³-hybridized carbons (Fsp3) is 0.364. The lowest BCUT2D eigenvalue weighted by molar-refractivity contribution is -0.133. The minimum absolute atomic E-state index is 0.0235. The quantitative estimate of drug-likeness (QED) is 0.707. The van der Waals surface area contributed by atoms with Gasteiger partial charge in [0.05, 0.1) is 11.3 Å². The zero-order valence-corrected chi connectivity index (χ0v) is 10.7. The second-order valence-corrected chi connectivity index (χ2v) is 4.67. The molecule has 6 nitrogen and oxygen atoms in total. The fourth-order valence-electron chi connectivity index (χ4n) is 1.23. The molecule has 1 aromatic heterocycles. The molecule has 0 aliphatic rings. The number of carboxylic acids is 1. The largest absolute Gasteiger partial charge is 0.481 e. The van der Waals surface area contributed by atoms with Gasteiger partial charge in [-0.25, -0.2) is 0 Å². The Morgan fingerprint density at radius 1 is 1.44 bits per heavy atom. The lowest BCUT2D eigenvalue weighted by Crippen LogP contribution is -2.27. The van der Waals surface area contributed by atoms with Gasteiger partial charge in [0.2, 0.25) is 5.56 Å². The summed E-state index contributed by atoms with van der Waals surface area (Å²) in [5, 5.41) is 11.1. The molecule has 0 spiro atoms. The van der Waals surface area contributed by atoms with Crippen molar-refractivity contribution in [2.24, 2.45) is 7.05 Å². The van der Waals surface area contributed by atoms with Gasteiger partial charge < -0.3 is 15.0 Å². The molecule has 0 aliphatic carbocycles. The van der Waals surface area contributed by atoms with Crippen LogP contribution in [0.5, 0.6) is 0 Å². The normalized spacial score (nSPS) is 10.1. The maximum Gasteiger partial charge on any atom is 0.313 e. The summed E-state index contributed by atoms with van der Waals surface area (Å²) < 4.78 is 1.33. The topological polar surface area (TPSA) is 88.4 Å². The van der Waals surface area contributed by atoms with Gasteiger partial charge in [-0.1, -0.05) is 0 Å². The van der Waals surface area contributed by atoms with E-state index in [1.807, 2.05) is 0 Å². The first kappa shape index (κ1) is 14.3. The number of rotatable bonds is 6. The SMILES string of the molecule is Cn1cc(C(=O)NCCSCC(=O)O)ccc1=O. The van der Waals surface area contributed by atoms with Crippen molar-refractivity contribution in [2.45, 2.75) is 0 Å². The number of carbonyl (C=O) groups excluding carboxylic acids is 1. The van der Waals surface area contributed by atoms with Crippen molar-refractivity contribution in [2.75, 3.05) is 18.1 Å². The number of aryl methyl sites for hydroxylation is 1. The van der Waals surface area contributed by atoms with E-state index in [0.29, 0.717) is 17.9 Å². The van der Waals surface area contributed by atoms with Crippen LogP contribution in [0.4, 0.5) is 0 Å². The third-order valence-corrected chi connectivity index (χ3v) is 3.05. The zero-order chi connectivity index (χ0) is 13.5. The predicted molar refractivity (Wildman–Crippen MR) is 69.0 cm³/mol. The summed E-state index contributed by atoms with van der Waals surface area (Å²) in [7, 11) is 1.57. The molecule has 18 heavy (non-hydrogen) atoms. The molecule has 0 saturated heterocycles. The van der Waals surface area contributed by atoms with Gasteiger partial charge in [-0.15, -0.1) is 11.8 Å². The van der Waals surface area contributed by atoms with E-state index in [0.717, 1.165) is 0 Å². The molecule has 2 N–H and O–H groups in total. The Bertz CT molecular complexity index is 498. The monoisotopic (exact) mass is 270 g/mol. The summed E-state index contributed by atoms with van der Waals surface area (Å²) in [6.45, 7) is 0.389. The Hall–Kier alpha value is -1.76. The summed E-state index contributed by atoms with van der Waals surface area (Å²) >= 11 is 1.23. The number of hydrogen-bond acceptors (Lipinski definition) is 4. The van der Waals surface area contributed by atoms with Gasteiger partial charge in [0, 0.05) is 31.6 Å². The fourth-order valence-corrected chi connectivity index (χ4v) is 1.79. The highest BCUT2D eigenvalue weighted by molar-refractivity contribution is 7.99. The average Bonchev–Trinajstić information content (AvgIpc) is 2.31. The lowest BCUT2D eigenvalue weighted by atomic mass is 10.2. The molecule has 1 heterocycles. The number of hydrogen-bond donors (Lipinski definition) is 2. The van der Waals surface area contributed by atoms with E-state index in [2.05, 4.69) is 5.32 Å². The van der Waals surface area contributed by atoms with Crippen molar-refractivity contribution in [1.82, 2.24) is 9.88 Å². The van der Waals surface area contributed by atoms with Crippen LogP contribution in [-0.4, -0.2) is 39.6 Å². The first-order valence-corrected chi connectivity index (χ1v) is 6.40. The Kier molecular flexibility index (Phi) is 5.44. The molecular weight excluding hydrogens is 256 g/mol. The number of thioether (sulfide) groups is 1. The van der Waals surface area contributed by atoms with Crippen molar-refractivity contribution in [3.63, 3.8) is 0 Å². The molecule has 1 aromatic rings. The van der Waals surface area contributed by atoms with Gasteiger partial charge in [0.1, 0.15) is 0 Å². The van der Waals surface area contributed by atoms with Gasteiger partial charge in [-0.2, -0.15) is 0 Å². The number of carboxylic acid groups (broad SMARTS) is 1. The molecule has 7 heteroatoms. The van der Waals surface area contributed by atoms with Crippen LogP contribution >= 0.6 is 11.8 Å². The van der Waals surface area contributed by atoms with E-state index in [1.54, 1.807) is 7.05 Å². The maximum atomic E-state index is 11.7. The Morgan fingerprint density at radius 2 is 2.17 bits per heavy atom. The molecule has 1 amide bonds. The van der Waals surface area contributed by atoms with Crippen molar-refractivity contribution >= 4 is 23.6 Å². The first-order valence-electron chi connectivity index (χ1n) is 5.25. The Morgan fingerprint density at radius 3 is 2.78 bits per heavy atom. The minimum Gasteiger partial charge on any atom is -0.481 e. The Balaban J connectivity index is 2.39. The highest BCUT2D eigenvalue weighted by Crippen LogP contribution is 1.98. The minimum atomic E-state index is -0.871. The first-order chi connectivity index (χ1) is 8.50. The van der Waals surface area contributed by atoms with Crippen molar-refractivity contribution in [3.8, 4) is 0 Å². The van der Waals surface area contributed by atoms with Gasteiger partial charge in [0.25, 0.3) is 5.91 Å². The number of carbonyl (C=O) groups is 2. The third-order valence-electron chi connectivity index (χ3n) is 2.11. The highest BCUT2D eigenvalue weighted by atomic mass is 32.2. The van der Waals surface area contributed by atoms with Crippen LogP contribution in [0.25, 0.3) is 0 Å². The molecule has 0 aliphatic heterocycles.